The average molecular weight is 213 g/mol. The molecule has 4 N–H and O–H groups in total. The van der Waals surface area contributed by atoms with Gasteiger partial charge in [0.2, 0.25) is 0 Å². The maximum atomic E-state index is 13.3. The summed E-state index contributed by atoms with van der Waals surface area (Å²) in [5, 5.41) is 18.3. The Bertz CT molecular complexity index is 392. The lowest BCUT2D eigenvalue weighted by atomic mass is 10.0. The van der Waals surface area contributed by atoms with Crippen LogP contribution in [-0.4, -0.2) is 16.2 Å². The summed E-state index contributed by atoms with van der Waals surface area (Å²) < 4.78 is 13.3. The van der Waals surface area contributed by atoms with E-state index in [2.05, 4.69) is 0 Å². The van der Waals surface area contributed by atoms with Gasteiger partial charge in [0.25, 0.3) is 0 Å². The van der Waals surface area contributed by atoms with Crippen molar-refractivity contribution < 1.29 is 19.4 Å². The highest BCUT2D eigenvalue weighted by Gasteiger charge is 2.20. The minimum Gasteiger partial charge on any atom is -0.507 e. The number of rotatable bonds is 3. The molecule has 1 aromatic carbocycles. The van der Waals surface area contributed by atoms with Crippen molar-refractivity contribution >= 4 is 5.97 Å². The first-order valence-corrected chi connectivity index (χ1v) is 4.49. The third-order valence-electron chi connectivity index (χ3n) is 2.20. The molecule has 1 atom stereocenters. The van der Waals surface area contributed by atoms with Gasteiger partial charge < -0.3 is 15.9 Å². The molecule has 0 spiro atoms. The summed E-state index contributed by atoms with van der Waals surface area (Å²) in [4.78, 5) is 10.7. The summed E-state index contributed by atoms with van der Waals surface area (Å²) >= 11 is 0. The van der Waals surface area contributed by atoms with Gasteiger partial charge in [-0.2, -0.15) is 0 Å². The van der Waals surface area contributed by atoms with Gasteiger partial charge >= 0.3 is 5.97 Å². The zero-order valence-electron chi connectivity index (χ0n) is 8.20. The molecule has 5 heteroatoms. The smallest absolute Gasteiger partial charge is 0.339 e. The zero-order chi connectivity index (χ0) is 11.6. The van der Waals surface area contributed by atoms with E-state index < -0.39 is 23.6 Å². The number of carbonyl (C=O) groups is 1. The standard InChI is InChI=1S/C10H12FNO3/c1-2-7(12)8-6(11)4-3-5(9(8)13)10(14)15/h3-4,7,13H,2,12H2,1H3,(H,14,15)/t7-/m1/s1. The number of aromatic hydroxyl groups is 1. The first-order valence-electron chi connectivity index (χ1n) is 4.49. The van der Waals surface area contributed by atoms with Crippen LogP contribution in [0.25, 0.3) is 0 Å². The summed E-state index contributed by atoms with van der Waals surface area (Å²) in [5.74, 6) is -2.58. The van der Waals surface area contributed by atoms with E-state index in [4.69, 9.17) is 10.8 Å². The molecule has 1 aromatic rings. The summed E-state index contributed by atoms with van der Waals surface area (Å²) in [5.41, 5.74) is 5.09. The molecule has 0 radical (unpaired) electrons. The van der Waals surface area contributed by atoms with E-state index in [-0.39, 0.29) is 11.1 Å². The molecule has 1 rings (SSSR count). The Hall–Kier alpha value is -1.62. The Kier molecular flexibility index (Phi) is 3.26. The molecule has 82 valence electrons. The number of halogens is 1. The van der Waals surface area contributed by atoms with Crippen LogP contribution in [0.4, 0.5) is 4.39 Å². The van der Waals surface area contributed by atoms with Crippen molar-refractivity contribution in [1.29, 1.82) is 0 Å². The Morgan fingerprint density at radius 3 is 2.67 bits per heavy atom. The monoisotopic (exact) mass is 213 g/mol. The van der Waals surface area contributed by atoms with E-state index in [0.29, 0.717) is 6.42 Å². The molecule has 0 aromatic heterocycles. The topological polar surface area (TPSA) is 83.6 Å². The predicted octanol–water partition coefficient (Wildman–Crippen LogP) is 1.64. The highest BCUT2D eigenvalue weighted by molar-refractivity contribution is 5.91. The van der Waals surface area contributed by atoms with E-state index in [9.17, 15) is 14.3 Å². The van der Waals surface area contributed by atoms with Crippen molar-refractivity contribution in [2.24, 2.45) is 5.73 Å². The van der Waals surface area contributed by atoms with E-state index in [1.807, 2.05) is 0 Å². The molecular weight excluding hydrogens is 201 g/mol. The molecule has 0 unspecified atom stereocenters. The SMILES string of the molecule is CC[C@@H](N)c1c(F)ccc(C(=O)O)c1O. The largest absolute Gasteiger partial charge is 0.507 e. The maximum Gasteiger partial charge on any atom is 0.339 e. The van der Waals surface area contributed by atoms with Crippen LogP contribution in [0.3, 0.4) is 0 Å². The van der Waals surface area contributed by atoms with Crippen LogP contribution < -0.4 is 5.73 Å². The lowest BCUT2D eigenvalue weighted by Crippen LogP contribution is -2.13. The lowest BCUT2D eigenvalue weighted by Gasteiger charge is -2.13. The van der Waals surface area contributed by atoms with Gasteiger partial charge in [0, 0.05) is 11.6 Å². The molecule has 4 nitrogen and oxygen atoms in total. The number of phenols is 1. The molecule has 15 heavy (non-hydrogen) atoms. The number of hydrogen-bond donors (Lipinski definition) is 3. The van der Waals surface area contributed by atoms with Crippen molar-refractivity contribution in [2.45, 2.75) is 19.4 Å². The third kappa shape index (κ3) is 2.07. The molecule has 0 aliphatic carbocycles. The fourth-order valence-electron chi connectivity index (χ4n) is 1.31. The fourth-order valence-corrected chi connectivity index (χ4v) is 1.31. The first kappa shape index (κ1) is 11.5. The minimum atomic E-state index is -1.31. The molecular formula is C10H12FNO3. The third-order valence-corrected chi connectivity index (χ3v) is 2.20. The average Bonchev–Trinajstić information content (AvgIpc) is 2.16. The molecule has 0 aliphatic rings. The summed E-state index contributed by atoms with van der Waals surface area (Å²) in [7, 11) is 0. The van der Waals surface area contributed by atoms with E-state index in [1.54, 1.807) is 6.92 Å². The van der Waals surface area contributed by atoms with Gasteiger partial charge in [0.15, 0.2) is 0 Å². The molecule has 0 saturated carbocycles. The zero-order valence-corrected chi connectivity index (χ0v) is 8.20. The molecule has 0 aliphatic heterocycles. The second-order valence-corrected chi connectivity index (χ2v) is 3.18. The normalized spacial score (nSPS) is 12.5. The number of carboxylic acid groups (broad SMARTS) is 1. The van der Waals surface area contributed by atoms with E-state index >= 15 is 0 Å². The molecule has 0 amide bonds. The van der Waals surface area contributed by atoms with Gasteiger partial charge in [0.05, 0.1) is 0 Å². The Balaban J connectivity index is 3.36. The van der Waals surface area contributed by atoms with Crippen LogP contribution in [0.15, 0.2) is 12.1 Å². The van der Waals surface area contributed by atoms with Crippen LogP contribution in [0.1, 0.15) is 35.3 Å². The van der Waals surface area contributed by atoms with Crippen molar-refractivity contribution in [3.8, 4) is 5.75 Å². The first-order chi connectivity index (χ1) is 6.99. The van der Waals surface area contributed by atoms with Crippen molar-refractivity contribution in [3.63, 3.8) is 0 Å². The molecule has 0 heterocycles. The molecule has 0 saturated heterocycles. The van der Waals surface area contributed by atoms with E-state index in [0.717, 1.165) is 12.1 Å². The van der Waals surface area contributed by atoms with Crippen LogP contribution in [0.2, 0.25) is 0 Å². The summed E-state index contributed by atoms with van der Waals surface area (Å²) in [6.45, 7) is 1.72. The van der Waals surface area contributed by atoms with Gasteiger partial charge in [-0.05, 0) is 18.6 Å². The highest BCUT2D eigenvalue weighted by Crippen LogP contribution is 2.30. The van der Waals surface area contributed by atoms with Crippen LogP contribution in [0.5, 0.6) is 5.75 Å². The Labute approximate surface area is 86.1 Å². The van der Waals surface area contributed by atoms with Gasteiger partial charge in [-0.25, -0.2) is 9.18 Å². The second kappa shape index (κ2) is 4.27. The van der Waals surface area contributed by atoms with Gasteiger partial charge in [-0.1, -0.05) is 6.92 Å². The van der Waals surface area contributed by atoms with Crippen molar-refractivity contribution in [3.05, 3.63) is 29.1 Å². The van der Waals surface area contributed by atoms with Crippen LogP contribution in [-0.2, 0) is 0 Å². The van der Waals surface area contributed by atoms with Crippen molar-refractivity contribution in [1.82, 2.24) is 0 Å². The second-order valence-electron chi connectivity index (χ2n) is 3.18. The summed E-state index contributed by atoms with van der Waals surface area (Å²) in [6.07, 6.45) is 0.410. The minimum absolute atomic E-state index is 0.141. The van der Waals surface area contributed by atoms with Crippen molar-refractivity contribution in [2.75, 3.05) is 0 Å². The number of aromatic carboxylic acids is 1. The van der Waals surface area contributed by atoms with Gasteiger partial charge in [0.1, 0.15) is 17.1 Å². The number of carboxylic acids is 1. The summed E-state index contributed by atoms with van der Waals surface area (Å²) in [6, 6.07) is 1.30. The van der Waals surface area contributed by atoms with Gasteiger partial charge in [-0.15, -0.1) is 0 Å². The molecule has 0 bridgehead atoms. The highest BCUT2D eigenvalue weighted by atomic mass is 19.1. The number of nitrogens with two attached hydrogens (primary N) is 1. The number of hydrogen-bond acceptors (Lipinski definition) is 3. The van der Waals surface area contributed by atoms with Crippen LogP contribution in [0, 0.1) is 5.82 Å². The quantitative estimate of drug-likeness (QED) is 0.712. The maximum absolute atomic E-state index is 13.3. The van der Waals surface area contributed by atoms with Crippen LogP contribution >= 0.6 is 0 Å². The Morgan fingerprint density at radius 1 is 1.60 bits per heavy atom. The fraction of sp³-hybridized carbons (Fsp3) is 0.300. The predicted molar refractivity (Wildman–Crippen MR) is 52.2 cm³/mol. The molecule has 0 fully saturated rings. The Morgan fingerprint density at radius 2 is 2.20 bits per heavy atom. The van der Waals surface area contributed by atoms with Gasteiger partial charge in [-0.3, -0.25) is 0 Å². The van der Waals surface area contributed by atoms with E-state index in [1.165, 1.54) is 0 Å². The lowest BCUT2D eigenvalue weighted by molar-refractivity contribution is 0.0693. The number of benzene rings is 1.